The summed E-state index contributed by atoms with van der Waals surface area (Å²) in [5.41, 5.74) is -1.27. The number of ketones is 1. The monoisotopic (exact) mass is 528 g/mol. The highest BCUT2D eigenvalue weighted by molar-refractivity contribution is 5.93. The van der Waals surface area contributed by atoms with Crippen molar-refractivity contribution in [2.24, 2.45) is 28.6 Å². The number of methoxy groups -OCH3 is 1. The summed E-state index contributed by atoms with van der Waals surface area (Å²) in [6, 6.07) is 5.55. The van der Waals surface area contributed by atoms with E-state index in [1.807, 2.05) is 13.8 Å². The summed E-state index contributed by atoms with van der Waals surface area (Å²) in [5.74, 6) is -4.21. The van der Waals surface area contributed by atoms with Crippen molar-refractivity contribution in [1.29, 1.82) is 0 Å². The molecule has 0 spiro atoms. The van der Waals surface area contributed by atoms with Gasteiger partial charge in [0.1, 0.15) is 5.82 Å². The fourth-order valence-corrected chi connectivity index (χ4v) is 7.04. The molecule has 202 valence electrons. The van der Waals surface area contributed by atoms with Gasteiger partial charge in [-0.15, -0.1) is 0 Å². The second kappa shape index (κ2) is 9.28. The Kier molecular flexibility index (Phi) is 6.35. The molecular weight excluding hydrogens is 499 g/mol. The number of halogens is 1. The first kappa shape index (κ1) is 26.0. The molecule has 2 aliphatic carbocycles. The molecule has 11 heteroatoms. The van der Waals surface area contributed by atoms with E-state index >= 15 is 0 Å². The topological polar surface area (TPSA) is 135 Å². The Bertz CT molecular complexity index is 1290. The third kappa shape index (κ3) is 4.08. The van der Waals surface area contributed by atoms with E-state index in [1.165, 1.54) is 38.3 Å². The van der Waals surface area contributed by atoms with E-state index in [-0.39, 0.29) is 30.3 Å². The molecule has 1 aromatic heterocycles. The maximum atomic E-state index is 13.9. The molecule has 3 aliphatic rings. The van der Waals surface area contributed by atoms with E-state index in [0.717, 1.165) is 0 Å². The summed E-state index contributed by atoms with van der Waals surface area (Å²) in [6.45, 7) is 4.92. The summed E-state index contributed by atoms with van der Waals surface area (Å²) in [4.78, 5) is 56.3. The molecule has 3 fully saturated rings. The first-order chi connectivity index (χ1) is 18.0. The minimum atomic E-state index is -1.13. The summed E-state index contributed by atoms with van der Waals surface area (Å²) in [5, 5.41) is 3.96. The third-order valence-corrected chi connectivity index (χ3v) is 8.72. The summed E-state index contributed by atoms with van der Waals surface area (Å²) < 4.78 is 35.0. The molecule has 38 heavy (non-hydrogen) atoms. The van der Waals surface area contributed by atoms with Crippen LogP contribution in [0, 0.1) is 34.4 Å². The van der Waals surface area contributed by atoms with Crippen molar-refractivity contribution in [2.45, 2.75) is 58.7 Å². The van der Waals surface area contributed by atoms with Crippen molar-refractivity contribution in [3.8, 4) is 11.4 Å². The molecule has 1 aliphatic heterocycles. The van der Waals surface area contributed by atoms with E-state index in [1.54, 1.807) is 0 Å². The zero-order chi connectivity index (χ0) is 27.4. The van der Waals surface area contributed by atoms with Gasteiger partial charge in [-0.25, -0.2) is 4.39 Å². The number of fused-ring (bicyclic) bond motifs is 3. The predicted octanol–water partition coefficient (Wildman–Crippen LogP) is 3.60. The van der Waals surface area contributed by atoms with Crippen molar-refractivity contribution in [3.63, 3.8) is 0 Å². The summed E-state index contributed by atoms with van der Waals surface area (Å²) in [7, 11) is 1.29. The lowest BCUT2D eigenvalue weighted by Crippen LogP contribution is -2.64. The number of Topliss-reactive ketones (excluding diaryl/α,β-unsaturated/α-hetero) is 1. The highest BCUT2D eigenvalue weighted by atomic mass is 19.1. The molecule has 1 saturated heterocycles. The van der Waals surface area contributed by atoms with E-state index in [4.69, 9.17) is 18.7 Å². The molecule has 5 rings (SSSR count). The van der Waals surface area contributed by atoms with E-state index < -0.39 is 64.5 Å². The van der Waals surface area contributed by atoms with Gasteiger partial charge >= 0.3 is 17.9 Å². The van der Waals surface area contributed by atoms with Crippen LogP contribution in [0.5, 0.6) is 0 Å². The Morgan fingerprint density at radius 3 is 2.50 bits per heavy atom. The number of rotatable bonds is 4. The summed E-state index contributed by atoms with van der Waals surface area (Å²) >= 11 is 0. The van der Waals surface area contributed by atoms with Crippen LogP contribution in [0.2, 0.25) is 0 Å². The van der Waals surface area contributed by atoms with Gasteiger partial charge in [0, 0.05) is 31.2 Å². The van der Waals surface area contributed by atoms with Crippen molar-refractivity contribution >= 4 is 23.7 Å². The van der Waals surface area contributed by atoms with Gasteiger partial charge < -0.3 is 18.7 Å². The lowest BCUT2D eigenvalue weighted by Gasteiger charge is -2.60. The van der Waals surface area contributed by atoms with Gasteiger partial charge in [0.2, 0.25) is 5.82 Å². The number of ether oxygens (including phenoxy) is 3. The Labute approximate surface area is 218 Å². The highest BCUT2D eigenvalue weighted by Gasteiger charge is 2.68. The van der Waals surface area contributed by atoms with Gasteiger partial charge in [-0.2, -0.15) is 4.98 Å². The van der Waals surface area contributed by atoms with E-state index in [2.05, 4.69) is 10.1 Å². The Hall–Kier alpha value is -3.63. The highest BCUT2D eigenvalue weighted by Crippen LogP contribution is 2.65. The van der Waals surface area contributed by atoms with Crippen molar-refractivity contribution in [2.75, 3.05) is 7.11 Å². The van der Waals surface area contributed by atoms with Crippen LogP contribution in [0.3, 0.4) is 0 Å². The average molecular weight is 529 g/mol. The number of aromatic nitrogens is 2. The smallest absolute Gasteiger partial charge is 0.310 e. The van der Waals surface area contributed by atoms with E-state index in [0.29, 0.717) is 18.4 Å². The fraction of sp³-hybridized carbons (Fsp3) is 0.556. The maximum Gasteiger partial charge on any atom is 0.310 e. The quantitative estimate of drug-likeness (QED) is 0.428. The zero-order valence-electron chi connectivity index (χ0n) is 21.6. The minimum absolute atomic E-state index is 0.0252. The Balaban J connectivity index is 1.52. The number of hydrogen-bond acceptors (Lipinski definition) is 10. The predicted molar refractivity (Wildman–Crippen MR) is 126 cm³/mol. The van der Waals surface area contributed by atoms with Crippen LogP contribution < -0.4 is 0 Å². The fourth-order valence-electron chi connectivity index (χ4n) is 7.04. The first-order valence-electron chi connectivity index (χ1n) is 12.6. The van der Waals surface area contributed by atoms with Crippen LogP contribution in [0.1, 0.15) is 58.4 Å². The van der Waals surface area contributed by atoms with E-state index in [9.17, 15) is 23.6 Å². The maximum absolute atomic E-state index is 13.9. The summed E-state index contributed by atoms with van der Waals surface area (Å²) in [6.07, 6.45) is -1.02. The normalized spacial score (nSPS) is 34.5. The van der Waals surface area contributed by atoms with Gasteiger partial charge in [-0.1, -0.05) is 19.0 Å². The van der Waals surface area contributed by atoms with Crippen LogP contribution in [0.4, 0.5) is 4.39 Å². The van der Waals surface area contributed by atoms with Gasteiger partial charge in [0.15, 0.2) is 18.0 Å². The van der Waals surface area contributed by atoms with Crippen molar-refractivity contribution < 1.29 is 42.3 Å². The second-order valence-corrected chi connectivity index (χ2v) is 10.9. The van der Waals surface area contributed by atoms with Crippen LogP contribution in [0.15, 0.2) is 28.8 Å². The minimum Gasteiger partial charge on any atom is -0.469 e. The van der Waals surface area contributed by atoms with Crippen LogP contribution >= 0.6 is 0 Å². The molecule has 1 aromatic carbocycles. The lowest BCUT2D eigenvalue weighted by molar-refractivity contribution is -0.211. The number of carbonyl (C=O) groups excluding carboxylic acids is 4. The van der Waals surface area contributed by atoms with Crippen LogP contribution in [-0.4, -0.2) is 47.0 Å². The molecule has 7 atom stereocenters. The van der Waals surface area contributed by atoms with Gasteiger partial charge in [-0.05, 0) is 47.9 Å². The number of esters is 3. The molecule has 0 bridgehead atoms. The standard InChI is InChI=1S/C27H29FN2O8/c1-13(31)36-18-11-17(24(33)35-4)26(2)10-9-16-25(34)37-19(12-27(16,3)21(26)20(18)32)23-29-22(30-38-23)14-5-7-15(28)8-6-14/h5-8,16-19,21H,9-12H2,1-4H3/t16-,17+,18+,19+,21+,26+,27+/m1/s1. The third-order valence-electron chi connectivity index (χ3n) is 8.72. The molecule has 0 amide bonds. The van der Waals surface area contributed by atoms with Gasteiger partial charge in [0.25, 0.3) is 5.89 Å². The Morgan fingerprint density at radius 1 is 1.13 bits per heavy atom. The van der Waals surface area contributed by atoms with Crippen LogP contribution in [0.25, 0.3) is 11.4 Å². The largest absolute Gasteiger partial charge is 0.469 e. The molecule has 2 aromatic rings. The number of benzene rings is 1. The molecule has 0 N–H and O–H groups in total. The van der Waals surface area contributed by atoms with Gasteiger partial charge in [0.05, 0.1) is 18.9 Å². The lowest BCUT2D eigenvalue weighted by atomic mass is 9.43. The number of hydrogen-bond donors (Lipinski definition) is 0. The number of nitrogens with zero attached hydrogens (tertiary/aromatic N) is 2. The number of carbonyl (C=O) groups is 4. The molecule has 2 heterocycles. The first-order valence-corrected chi connectivity index (χ1v) is 12.6. The second-order valence-electron chi connectivity index (χ2n) is 10.9. The van der Waals surface area contributed by atoms with Crippen molar-refractivity contribution in [3.05, 3.63) is 36.0 Å². The van der Waals surface area contributed by atoms with Gasteiger partial charge in [-0.3, -0.25) is 19.2 Å². The average Bonchev–Trinajstić information content (AvgIpc) is 3.35. The molecular formula is C27H29FN2O8. The van der Waals surface area contributed by atoms with Crippen LogP contribution in [-0.2, 0) is 33.4 Å². The zero-order valence-corrected chi connectivity index (χ0v) is 21.6. The van der Waals surface area contributed by atoms with Crippen molar-refractivity contribution in [1.82, 2.24) is 10.1 Å². The SMILES string of the molecule is COC(=O)[C@@H]1C[C@H](OC(C)=O)C(=O)[C@@H]2[C@@]3(C)C[C@@H](c4nc(-c5ccc(F)cc5)no4)OC(=O)[C@H]3CC[C@]21C. The molecule has 10 nitrogen and oxygen atoms in total. The molecule has 2 saturated carbocycles. The number of cyclic esters (lactones) is 1. The Morgan fingerprint density at radius 2 is 1.84 bits per heavy atom. The molecule has 0 unspecified atom stereocenters. The molecule has 0 radical (unpaired) electrons.